The highest BCUT2D eigenvalue weighted by atomic mass is 79.9. The summed E-state index contributed by atoms with van der Waals surface area (Å²) >= 11 is 3.47. The zero-order chi connectivity index (χ0) is 18.0. The minimum Gasteiger partial charge on any atom is -0.349 e. The number of nitrogens with one attached hydrogen (secondary N) is 1. The lowest BCUT2D eigenvalue weighted by molar-refractivity contribution is -0.126. The van der Waals surface area contributed by atoms with Gasteiger partial charge in [0.05, 0.1) is 17.6 Å². The summed E-state index contributed by atoms with van der Waals surface area (Å²) in [6.07, 6.45) is 0.0862. The second-order valence-electron chi connectivity index (χ2n) is 6.11. The fourth-order valence-electron chi connectivity index (χ4n) is 3.02. The van der Waals surface area contributed by atoms with Crippen molar-refractivity contribution in [2.75, 3.05) is 11.4 Å². The molecule has 2 amide bonds. The molecular formula is C19H18BrFN2O2. The van der Waals surface area contributed by atoms with Crippen molar-refractivity contribution < 1.29 is 14.0 Å². The number of benzene rings is 2. The highest BCUT2D eigenvalue weighted by Crippen LogP contribution is 2.28. The molecule has 0 spiro atoms. The van der Waals surface area contributed by atoms with Gasteiger partial charge in [-0.25, -0.2) is 4.39 Å². The Morgan fingerprint density at radius 2 is 1.92 bits per heavy atom. The predicted molar refractivity (Wildman–Crippen MR) is 97.6 cm³/mol. The fourth-order valence-corrected chi connectivity index (χ4v) is 3.65. The minimum atomic E-state index is -0.489. The van der Waals surface area contributed by atoms with Crippen LogP contribution in [0.3, 0.4) is 0 Å². The number of nitrogens with zero attached hydrogens (tertiary/aromatic N) is 1. The minimum absolute atomic E-state index is 0.0862. The summed E-state index contributed by atoms with van der Waals surface area (Å²) in [5.41, 5.74) is 1.19. The van der Waals surface area contributed by atoms with Crippen molar-refractivity contribution in [3.8, 4) is 0 Å². The van der Waals surface area contributed by atoms with E-state index in [4.69, 9.17) is 0 Å². The lowest BCUT2D eigenvalue weighted by Gasteiger charge is -2.19. The summed E-state index contributed by atoms with van der Waals surface area (Å²) in [6, 6.07) is 13.6. The van der Waals surface area contributed by atoms with Crippen LogP contribution < -0.4 is 10.2 Å². The van der Waals surface area contributed by atoms with Crippen molar-refractivity contribution in [2.24, 2.45) is 5.92 Å². The van der Waals surface area contributed by atoms with Crippen molar-refractivity contribution >= 4 is 33.4 Å². The van der Waals surface area contributed by atoms with Gasteiger partial charge in [-0.1, -0.05) is 46.3 Å². The summed E-state index contributed by atoms with van der Waals surface area (Å²) in [4.78, 5) is 26.1. The number of carbonyl (C=O) groups excluding carboxylic acids is 2. The van der Waals surface area contributed by atoms with Crippen molar-refractivity contribution in [1.29, 1.82) is 0 Å². The summed E-state index contributed by atoms with van der Waals surface area (Å²) in [5, 5.41) is 2.94. The van der Waals surface area contributed by atoms with Crippen LogP contribution in [0, 0.1) is 11.7 Å². The Kier molecular flexibility index (Phi) is 5.18. The first-order chi connectivity index (χ1) is 12.0. The van der Waals surface area contributed by atoms with Gasteiger partial charge < -0.3 is 10.2 Å². The van der Waals surface area contributed by atoms with Crippen LogP contribution in [0.4, 0.5) is 10.1 Å². The van der Waals surface area contributed by atoms with Gasteiger partial charge in [0.25, 0.3) is 0 Å². The monoisotopic (exact) mass is 404 g/mol. The molecule has 1 saturated heterocycles. The average molecular weight is 405 g/mol. The van der Waals surface area contributed by atoms with Crippen molar-refractivity contribution in [1.82, 2.24) is 5.32 Å². The fraction of sp³-hybridized carbons (Fsp3) is 0.263. The molecule has 0 radical (unpaired) electrons. The topological polar surface area (TPSA) is 49.4 Å². The number of halogens is 2. The van der Waals surface area contributed by atoms with E-state index in [1.165, 1.54) is 11.0 Å². The molecule has 1 aliphatic rings. The van der Waals surface area contributed by atoms with Crippen LogP contribution in [-0.4, -0.2) is 18.4 Å². The van der Waals surface area contributed by atoms with Crippen molar-refractivity contribution in [2.45, 2.75) is 19.4 Å². The molecule has 0 saturated carbocycles. The smallest absolute Gasteiger partial charge is 0.227 e. The number of hydrogen-bond donors (Lipinski definition) is 1. The first-order valence-electron chi connectivity index (χ1n) is 8.07. The van der Waals surface area contributed by atoms with Crippen LogP contribution >= 0.6 is 15.9 Å². The third-order valence-corrected chi connectivity index (χ3v) is 5.09. The van der Waals surface area contributed by atoms with Crippen LogP contribution in [0.15, 0.2) is 53.0 Å². The molecular weight excluding hydrogens is 387 g/mol. The Hall–Kier alpha value is -2.21. The molecule has 130 valence electrons. The highest BCUT2D eigenvalue weighted by molar-refractivity contribution is 9.10. The van der Waals surface area contributed by atoms with E-state index in [9.17, 15) is 14.0 Å². The summed E-state index contributed by atoms with van der Waals surface area (Å²) in [7, 11) is 0. The van der Waals surface area contributed by atoms with Crippen LogP contribution in [-0.2, 0) is 9.59 Å². The largest absolute Gasteiger partial charge is 0.349 e. The predicted octanol–water partition coefficient (Wildman–Crippen LogP) is 3.82. The van der Waals surface area contributed by atoms with E-state index in [0.717, 1.165) is 10.0 Å². The summed E-state index contributed by atoms with van der Waals surface area (Å²) in [5.74, 6) is -1.38. The van der Waals surface area contributed by atoms with E-state index < -0.39 is 11.7 Å². The second kappa shape index (κ2) is 7.35. The highest BCUT2D eigenvalue weighted by Gasteiger charge is 2.36. The summed E-state index contributed by atoms with van der Waals surface area (Å²) in [6.45, 7) is 2.08. The molecule has 3 rings (SSSR count). The zero-order valence-electron chi connectivity index (χ0n) is 13.7. The van der Waals surface area contributed by atoms with Crippen molar-refractivity contribution in [3.05, 3.63) is 64.4 Å². The van der Waals surface area contributed by atoms with Gasteiger partial charge in [-0.2, -0.15) is 0 Å². The van der Waals surface area contributed by atoms with Gasteiger partial charge in [-0.3, -0.25) is 9.59 Å². The Balaban J connectivity index is 1.69. The maximum atomic E-state index is 13.9. The second-order valence-corrected chi connectivity index (χ2v) is 6.96. The number of carbonyl (C=O) groups is 2. The maximum Gasteiger partial charge on any atom is 0.227 e. The van der Waals surface area contributed by atoms with E-state index in [2.05, 4.69) is 21.2 Å². The van der Waals surface area contributed by atoms with Gasteiger partial charge in [0.1, 0.15) is 5.82 Å². The standard InChI is InChI=1S/C19H18BrFN2O2/c1-12(14-6-2-3-7-15(14)20)22-19(25)13-10-18(24)23(11-13)17-9-5-4-8-16(17)21/h2-9,12-13H,10-11H2,1H3,(H,22,25). The molecule has 1 N–H and O–H groups in total. The molecule has 2 unspecified atom stereocenters. The molecule has 1 fully saturated rings. The molecule has 0 bridgehead atoms. The molecule has 2 aromatic carbocycles. The Labute approximate surface area is 154 Å². The first-order valence-corrected chi connectivity index (χ1v) is 8.86. The lowest BCUT2D eigenvalue weighted by Crippen LogP contribution is -2.34. The van der Waals surface area contributed by atoms with E-state index in [-0.39, 0.29) is 36.5 Å². The van der Waals surface area contributed by atoms with E-state index >= 15 is 0 Å². The lowest BCUT2D eigenvalue weighted by atomic mass is 10.1. The number of hydrogen-bond acceptors (Lipinski definition) is 2. The zero-order valence-corrected chi connectivity index (χ0v) is 15.3. The molecule has 2 aromatic rings. The Morgan fingerprint density at radius 1 is 1.24 bits per heavy atom. The van der Waals surface area contributed by atoms with E-state index in [0.29, 0.717) is 0 Å². The Morgan fingerprint density at radius 3 is 2.64 bits per heavy atom. The maximum absolute atomic E-state index is 13.9. The molecule has 0 aromatic heterocycles. The van der Waals surface area contributed by atoms with Crippen LogP contribution in [0.5, 0.6) is 0 Å². The van der Waals surface area contributed by atoms with Gasteiger partial charge in [-0.15, -0.1) is 0 Å². The van der Waals surface area contributed by atoms with Crippen LogP contribution in [0.25, 0.3) is 0 Å². The quantitative estimate of drug-likeness (QED) is 0.841. The van der Waals surface area contributed by atoms with Gasteiger partial charge >= 0.3 is 0 Å². The third kappa shape index (κ3) is 3.74. The molecule has 4 nitrogen and oxygen atoms in total. The number of rotatable bonds is 4. The number of amides is 2. The van der Waals surface area contributed by atoms with Gasteiger partial charge in [0.2, 0.25) is 11.8 Å². The molecule has 6 heteroatoms. The van der Waals surface area contributed by atoms with Crippen LogP contribution in [0.2, 0.25) is 0 Å². The van der Waals surface area contributed by atoms with Gasteiger partial charge in [0.15, 0.2) is 0 Å². The van der Waals surface area contributed by atoms with Crippen LogP contribution in [0.1, 0.15) is 24.9 Å². The molecule has 2 atom stereocenters. The normalized spacial score (nSPS) is 18.3. The molecule has 1 aliphatic heterocycles. The SMILES string of the molecule is CC(NC(=O)C1CC(=O)N(c2ccccc2F)C1)c1ccccc1Br. The first kappa shape index (κ1) is 17.6. The third-order valence-electron chi connectivity index (χ3n) is 4.37. The molecule has 0 aliphatic carbocycles. The van der Waals surface area contributed by atoms with Gasteiger partial charge in [-0.05, 0) is 30.7 Å². The van der Waals surface area contributed by atoms with Gasteiger partial charge in [0, 0.05) is 17.4 Å². The number of para-hydroxylation sites is 1. The van der Waals surface area contributed by atoms with E-state index in [1.54, 1.807) is 18.2 Å². The molecule has 1 heterocycles. The summed E-state index contributed by atoms with van der Waals surface area (Å²) < 4.78 is 14.8. The molecule has 25 heavy (non-hydrogen) atoms. The average Bonchev–Trinajstić information content (AvgIpc) is 2.97. The number of anilines is 1. The van der Waals surface area contributed by atoms with Crippen molar-refractivity contribution in [3.63, 3.8) is 0 Å². The van der Waals surface area contributed by atoms with E-state index in [1.807, 2.05) is 31.2 Å². The Bertz CT molecular complexity index is 812.